The van der Waals surface area contributed by atoms with Gasteiger partial charge in [0, 0.05) is 23.1 Å². The topological polar surface area (TPSA) is 43.8 Å². The van der Waals surface area contributed by atoms with Gasteiger partial charge in [0.05, 0.1) is 5.69 Å². The van der Waals surface area contributed by atoms with E-state index in [4.69, 9.17) is 5.73 Å². The Bertz CT molecular complexity index is 516. The van der Waals surface area contributed by atoms with Gasteiger partial charge in [-0.2, -0.15) is 5.10 Å². The molecule has 0 aliphatic rings. The number of hydrogen-bond acceptors (Lipinski definition) is 2. The lowest BCUT2D eigenvalue weighted by molar-refractivity contribution is 0.629. The van der Waals surface area contributed by atoms with Crippen LogP contribution >= 0.6 is 15.9 Å². The molecule has 0 aliphatic heterocycles. The summed E-state index contributed by atoms with van der Waals surface area (Å²) in [4.78, 5) is 0. The van der Waals surface area contributed by atoms with Gasteiger partial charge in [-0.25, -0.2) is 0 Å². The Balaban J connectivity index is 2.19. The summed E-state index contributed by atoms with van der Waals surface area (Å²) in [5, 5.41) is 4.37. The maximum absolute atomic E-state index is 5.91. The summed E-state index contributed by atoms with van der Waals surface area (Å²) >= 11 is 3.45. The van der Waals surface area contributed by atoms with Crippen LogP contribution in [0.1, 0.15) is 22.9 Å². The van der Waals surface area contributed by atoms with E-state index >= 15 is 0 Å². The highest BCUT2D eigenvalue weighted by molar-refractivity contribution is 9.10. The first-order valence-corrected chi connectivity index (χ1v) is 6.84. The largest absolute Gasteiger partial charge is 0.330 e. The molecule has 1 aromatic heterocycles. The number of rotatable bonds is 4. The predicted octanol–water partition coefficient (Wildman–Crippen LogP) is 2.78. The summed E-state index contributed by atoms with van der Waals surface area (Å²) in [7, 11) is 1.98. The van der Waals surface area contributed by atoms with Crippen molar-refractivity contribution in [1.82, 2.24) is 9.78 Å². The van der Waals surface area contributed by atoms with Gasteiger partial charge in [-0.15, -0.1) is 0 Å². The van der Waals surface area contributed by atoms with E-state index in [1.165, 1.54) is 11.3 Å². The van der Waals surface area contributed by atoms with Crippen LogP contribution in [0.4, 0.5) is 0 Å². The van der Waals surface area contributed by atoms with Crippen LogP contribution < -0.4 is 5.73 Å². The molecule has 0 saturated heterocycles. The average Bonchev–Trinajstić information content (AvgIpc) is 2.66. The van der Waals surface area contributed by atoms with Crippen molar-refractivity contribution in [2.45, 2.75) is 19.3 Å². The van der Waals surface area contributed by atoms with Crippen molar-refractivity contribution in [2.24, 2.45) is 12.8 Å². The molecule has 0 radical (unpaired) electrons. The van der Waals surface area contributed by atoms with E-state index in [2.05, 4.69) is 51.4 Å². The molecule has 0 saturated carbocycles. The van der Waals surface area contributed by atoms with Crippen molar-refractivity contribution >= 4 is 15.9 Å². The van der Waals surface area contributed by atoms with Crippen LogP contribution in [-0.2, 0) is 13.5 Å². The van der Waals surface area contributed by atoms with Gasteiger partial charge in [-0.3, -0.25) is 4.68 Å². The van der Waals surface area contributed by atoms with Gasteiger partial charge in [-0.05, 0) is 43.7 Å². The molecule has 0 amide bonds. The Morgan fingerprint density at radius 3 is 2.50 bits per heavy atom. The van der Waals surface area contributed by atoms with Crippen molar-refractivity contribution in [1.29, 1.82) is 0 Å². The number of aromatic nitrogens is 2. The van der Waals surface area contributed by atoms with Crippen LogP contribution in [0, 0.1) is 6.92 Å². The number of nitrogens with two attached hydrogens (primary N) is 1. The van der Waals surface area contributed by atoms with E-state index < -0.39 is 0 Å². The van der Waals surface area contributed by atoms with Crippen LogP contribution in [0.5, 0.6) is 0 Å². The lowest BCUT2D eigenvalue weighted by atomic mass is 9.94. The summed E-state index contributed by atoms with van der Waals surface area (Å²) < 4.78 is 3.04. The summed E-state index contributed by atoms with van der Waals surface area (Å²) in [6.45, 7) is 2.66. The lowest BCUT2D eigenvalue weighted by Crippen LogP contribution is -2.16. The molecule has 0 bridgehead atoms. The second kappa shape index (κ2) is 5.67. The Morgan fingerprint density at radius 2 is 2.00 bits per heavy atom. The van der Waals surface area contributed by atoms with E-state index in [0.29, 0.717) is 12.5 Å². The molecule has 1 atom stereocenters. The minimum Gasteiger partial charge on any atom is -0.330 e. The molecule has 1 aromatic carbocycles. The fourth-order valence-corrected chi connectivity index (χ4v) is 2.44. The molecule has 1 unspecified atom stereocenters. The Labute approximate surface area is 116 Å². The summed E-state index contributed by atoms with van der Waals surface area (Å²) in [6.07, 6.45) is 0.926. The van der Waals surface area contributed by atoms with Crippen LogP contribution in [0.25, 0.3) is 0 Å². The lowest BCUT2D eigenvalue weighted by Gasteiger charge is -2.15. The number of benzene rings is 1. The van der Waals surface area contributed by atoms with E-state index in [-0.39, 0.29) is 0 Å². The molecule has 4 heteroatoms. The second-order valence-corrected chi connectivity index (χ2v) is 5.50. The quantitative estimate of drug-likeness (QED) is 0.944. The Hall–Kier alpha value is -1.13. The van der Waals surface area contributed by atoms with Crippen molar-refractivity contribution < 1.29 is 0 Å². The molecule has 2 rings (SSSR count). The van der Waals surface area contributed by atoms with Crippen LogP contribution in [0.15, 0.2) is 34.8 Å². The normalized spacial score (nSPS) is 12.7. The highest BCUT2D eigenvalue weighted by Crippen LogP contribution is 2.22. The molecule has 0 aliphatic carbocycles. The molecule has 3 nitrogen and oxygen atoms in total. The average molecular weight is 308 g/mol. The van der Waals surface area contributed by atoms with Crippen molar-refractivity contribution in [3.63, 3.8) is 0 Å². The van der Waals surface area contributed by atoms with Crippen LogP contribution in [-0.4, -0.2) is 16.3 Å². The Kier molecular flexibility index (Phi) is 4.19. The minimum absolute atomic E-state index is 0.341. The minimum atomic E-state index is 0.341. The molecule has 0 fully saturated rings. The highest BCUT2D eigenvalue weighted by Gasteiger charge is 2.13. The summed E-state index contributed by atoms with van der Waals surface area (Å²) in [6, 6.07) is 10.5. The van der Waals surface area contributed by atoms with Gasteiger partial charge >= 0.3 is 0 Å². The monoisotopic (exact) mass is 307 g/mol. The van der Waals surface area contributed by atoms with E-state index in [9.17, 15) is 0 Å². The SMILES string of the molecule is Cc1cc(CC(CN)c2ccc(Br)cc2)n(C)n1. The third kappa shape index (κ3) is 3.00. The van der Waals surface area contributed by atoms with E-state index in [1.807, 2.05) is 18.7 Å². The molecule has 2 N–H and O–H groups in total. The van der Waals surface area contributed by atoms with Crippen LogP contribution in [0.2, 0.25) is 0 Å². The maximum Gasteiger partial charge on any atom is 0.0596 e. The first-order chi connectivity index (χ1) is 8.60. The third-order valence-corrected chi connectivity index (χ3v) is 3.71. The first-order valence-electron chi connectivity index (χ1n) is 6.05. The standard InChI is InChI=1S/C14H18BrN3/c1-10-7-14(18(2)17-10)8-12(9-16)11-3-5-13(15)6-4-11/h3-7,12H,8-9,16H2,1-2H3. The fraction of sp³-hybridized carbons (Fsp3) is 0.357. The zero-order valence-electron chi connectivity index (χ0n) is 10.7. The Morgan fingerprint density at radius 1 is 1.33 bits per heavy atom. The highest BCUT2D eigenvalue weighted by atomic mass is 79.9. The molecular weight excluding hydrogens is 290 g/mol. The van der Waals surface area contributed by atoms with Gasteiger partial charge < -0.3 is 5.73 Å². The first kappa shape index (κ1) is 13.3. The molecule has 96 valence electrons. The number of hydrogen-bond donors (Lipinski definition) is 1. The molecule has 18 heavy (non-hydrogen) atoms. The van der Waals surface area contributed by atoms with E-state index in [1.54, 1.807) is 0 Å². The molecule has 1 heterocycles. The van der Waals surface area contributed by atoms with Gasteiger partial charge in [0.1, 0.15) is 0 Å². The van der Waals surface area contributed by atoms with E-state index in [0.717, 1.165) is 16.6 Å². The fourth-order valence-electron chi connectivity index (χ4n) is 2.18. The summed E-state index contributed by atoms with van der Waals surface area (Å²) in [5.41, 5.74) is 9.47. The molecular formula is C14H18BrN3. The smallest absolute Gasteiger partial charge is 0.0596 e. The maximum atomic E-state index is 5.91. The predicted molar refractivity (Wildman–Crippen MR) is 77.6 cm³/mol. The van der Waals surface area contributed by atoms with Crippen molar-refractivity contribution in [2.75, 3.05) is 6.54 Å². The van der Waals surface area contributed by atoms with Crippen molar-refractivity contribution in [3.8, 4) is 0 Å². The van der Waals surface area contributed by atoms with Gasteiger partial charge in [-0.1, -0.05) is 28.1 Å². The third-order valence-electron chi connectivity index (χ3n) is 3.18. The van der Waals surface area contributed by atoms with Gasteiger partial charge in [0.15, 0.2) is 0 Å². The summed E-state index contributed by atoms with van der Waals surface area (Å²) in [5.74, 6) is 0.341. The number of nitrogens with zero attached hydrogens (tertiary/aromatic N) is 2. The number of halogens is 1. The molecule has 0 spiro atoms. The number of aryl methyl sites for hydroxylation is 2. The second-order valence-electron chi connectivity index (χ2n) is 4.59. The zero-order valence-corrected chi connectivity index (χ0v) is 12.3. The molecule has 2 aromatic rings. The van der Waals surface area contributed by atoms with Gasteiger partial charge in [0.2, 0.25) is 0 Å². The van der Waals surface area contributed by atoms with Gasteiger partial charge in [0.25, 0.3) is 0 Å². The zero-order chi connectivity index (χ0) is 13.1. The van der Waals surface area contributed by atoms with Crippen molar-refractivity contribution in [3.05, 3.63) is 51.8 Å². The van der Waals surface area contributed by atoms with Crippen LogP contribution in [0.3, 0.4) is 0 Å².